The maximum absolute atomic E-state index is 10.8. The van der Waals surface area contributed by atoms with Gasteiger partial charge in [0.05, 0.1) is 16.7 Å². The summed E-state index contributed by atoms with van der Waals surface area (Å²) >= 11 is 0. The Bertz CT molecular complexity index is 309. The van der Waals surface area contributed by atoms with E-state index in [0.717, 1.165) is 0 Å². The van der Waals surface area contributed by atoms with Crippen molar-refractivity contribution in [1.29, 1.82) is 0 Å². The fraction of sp³-hybridized carbons (Fsp3) is 0.625. The number of carbonyl (C=O) groups excluding carboxylic acids is 1. The van der Waals surface area contributed by atoms with Crippen LogP contribution in [0.25, 0.3) is 0 Å². The van der Waals surface area contributed by atoms with E-state index < -0.39 is 21.8 Å². The normalized spacial score (nSPS) is 10.3. The molecule has 0 aliphatic heterocycles. The van der Waals surface area contributed by atoms with Gasteiger partial charge in [-0.15, -0.1) is 0 Å². The van der Waals surface area contributed by atoms with Crippen molar-refractivity contribution in [2.75, 3.05) is 12.4 Å². The summed E-state index contributed by atoms with van der Waals surface area (Å²) in [6, 6.07) is 0. The Morgan fingerprint density at radius 3 is 2.33 bits per heavy atom. The molecule has 0 fully saturated rings. The van der Waals surface area contributed by atoms with Crippen LogP contribution < -0.4 is 18.9 Å². The summed E-state index contributed by atoms with van der Waals surface area (Å²) < 4.78 is 35.2. The van der Waals surface area contributed by atoms with E-state index in [2.05, 4.69) is 11.3 Å². The fourth-order valence-corrected chi connectivity index (χ4v) is 1.23. The number of hydrogen-bond donors (Lipinski definition) is 0. The molecule has 0 rings (SSSR count). The van der Waals surface area contributed by atoms with E-state index >= 15 is 0 Å². The molecule has 0 N–H and O–H groups in total. The van der Waals surface area contributed by atoms with Crippen LogP contribution in [0.5, 0.6) is 0 Å². The van der Waals surface area contributed by atoms with E-state index in [1.165, 1.54) is 6.92 Å². The van der Waals surface area contributed by atoms with Gasteiger partial charge in [0.15, 0.2) is 0 Å². The van der Waals surface area contributed by atoms with Gasteiger partial charge >= 0.3 is 24.8 Å². The van der Waals surface area contributed by atoms with Crippen LogP contribution in [0.1, 0.15) is 19.8 Å². The summed E-state index contributed by atoms with van der Waals surface area (Å²) in [5.41, 5.74) is 0.293. The van der Waals surface area contributed by atoms with Gasteiger partial charge in [-0.1, -0.05) is 6.58 Å². The molecule has 0 saturated heterocycles. The van der Waals surface area contributed by atoms with Crippen LogP contribution in [0.3, 0.4) is 0 Å². The maximum atomic E-state index is 10.8. The van der Waals surface area contributed by atoms with Crippen molar-refractivity contribution >= 4 is 16.1 Å². The second-order valence-corrected chi connectivity index (χ2v) is 4.41. The first kappa shape index (κ1) is 17.1. The monoisotopic (exact) mass is 228 g/mol. The quantitative estimate of drug-likeness (QED) is 0.164. The number of unbranched alkanes of at least 4 members (excludes halogenated alkanes) is 1. The third kappa shape index (κ3) is 11.6. The number of ether oxygens (including phenoxy) is 1. The van der Waals surface area contributed by atoms with Gasteiger partial charge in [0.1, 0.15) is 0 Å². The van der Waals surface area contributed by atoms with Gasteiger partial charge in [-0.2, -0.15) is 0 Å². The molecule has 0 aromatic rings. The minimum Gasteiger partial charge on any atom is -0.748 e. The molecule has 0 aliphatic carbocycles. The molecule has 0 bridgehead atoms. The zero-order valence-corrected chi connectivity index (χ0v) is 9.80. The van der Waals surface area contributed by atoms with E-state index in [4.69, 9.17) is 0 Å². The van der Waals surface area contributed by atoms with Crippen LogP contribution in [0.15, 0.2) is 12.2 Å². The van der Waals surface area contributed by atoms with Crippen molar-refractivity contribution in [3.63, 3.8) is 0 Å². The van der Waals surface area contributed by atoms with Crippen molar-refractivity contribution in [2.24, 2.45) is 0 Å². The summed E-state index contributed by atoms with van der Waals surface area (Å²) in [7, 11) is -4.15. The summed E-state index contributed by atoms with van der Waals surface area (Å²) in [6.45, 7) is 5.00. The molecule has 0 unspecified atom stereocenters. The van der Waals surface area contributed by atoms with E-state index in [-0.39, 0.29) is 31.9 Å². The first-order valence-electron chi connectivity index (χ1n) is 4.09. The Hall–Kier alpha value is -0.283. The standard InChI is InChI=1S/C8H14O5S.Li/c1-7(2)8(9)13-5-3-4-6-14(10,11)12;/h1,3-6H2,2H3,(H,10,11,12);/q;+1/p-1. The predicted octanol–water partition coefficient (Wildman–Crippen LogP) is -2.56. The van der Waals surface area contributed by atoms with Crippen LogP contribution in [-0.4, -0.2) is 31.3 Å². The topological polar surface area (TPSA) is 83.5 Å². The molecule has 0 heterocycles. The third-order valence-corrected chi connectivity index (χ3v) is 2.16. The van der Waals surface area contributed by atoms with Crippen LogP contribution >= 0.6 is 0 Å². The molecule has 0 aromatic carbocycles. The zero-order chi connectivity index (χ0) is 11.2. The minimum atomic E-state index is -4.15. The van der Waals surface area contributed by atoms with Gasteiger partial charge in [-0.25, -0.2) is 13.2 Å². The van der Waals surface area contributed by atoms with Gasteiger partial charge in [0, 0.05) is 11.3 Å². The number of esters is 1. The largest absolute Gasteiger partial charge is 1.00 e. The molecule has 7 heteroatoms. The first-order chi connectivity index (χ1) is 6.33. The average molecular weight is 228 g/mol. The Morgan fingerprint density at radius 1 is 1.40 bits per heavy atom. The average Bonchev–Trinajstić information content (AvgIpc) is 2.01. The minimum absolute atomic E-state index is 0. The van der Waals surface area contributed by atoms with Crippen LogP contribution in [0.2, 0.25) is 0 Å². The molecular formula is C8H13LiO5S. The van der Waals surface area contributed by atoms with E-state index in [1.54, 1.807) is 0 Å². The molecule has 0 aliphatic rings. The number of rotatable bonds is 6. The molecule has 0 spiro atoms. The van der Waals surface area contributed by atoms with Crippen molar-refractivity contribution < 1.29 is 41.4 Å². The molecule has 0 atom stereocenters. The SMILES string of the molecule is C=C(C)C(=O)OCCCCS(=O)(=O)[O-].[Li+]. The second kappa shape index (κ2) is 7.94. The van der Waals surface area contributed by atoms with Gasteiger partial charge < -0.3 is 9.29 Å². The molecular weight excluding hydrogens is 215 g/mol. The Kier molecular flexibility index (Phi) is 9.06. The molecule has 0 radical (unpaired) electrons. The van der Waals surface area contributed by atoms with Gasteiger partial charge in [0.25, 0.3) is 0 Å². The maximum Gasteiger partial charge on any atom is 1.00 e. The molecule has 0 saturated carbocycles. The summed E-state index contributed by atoms with van der Waals surface area (Å²) in [5.74, 6) is -0.924. The predicted molar refractivity (Wildman–Crippen MR) is 49.6 cm³/mol. The van der Waals surface area contributed by atoms with Gasteiger partial charge in [-0.3, -0.25) is 0 Å². The van der Waals surface area contributed by atoms with Gasteiger partial charge in [0.2, 0.25) is 0 Å². The van der Waals surface area contributed by atoms with Crippen molar-refractivity contribution in [1.82, 2.24) is 0 Å². The van der Waals surface area contributed by atoms with Gasteiger partial charge in [-0.05, 0) is 19.8 Å². The molecule has 15 heavy (non-hydrogen) atoms. The van der Waals surface area contributed by atoms with Crippen LogP contribution in [-0.2, 0) is 19.6 Å². The van der Waals surface area contributed by atoms with E-state index in [1.807, 2.05) is 0 Å². The van der Waals surface area contributed by atoms with Crippen molar-refractivity contribution in [2.45, 2.75) is 19.8 Å². The van der Waals surface area contributed by atoms with Crippen LogP contribution in [0.4, 0.5) is 0 Å². The Morgan fingerprint density at radius 2 is 1.93 bits per heavy atom. The smallest absolute Gasteiger partial charge is 0.748 e. The molecule has 82 valence electrons. The van der Waals surface area contributed by atoms with Crippen molar-refractivity contribution in [3.8, 4) is 0 Å². The van der Waals surface area contributed by atoms with Crippen LogP contribution in [0, 0.1) is 0 Å². The molecule has 0 aromatic heterocycles. The fourth-order valence-electron chi connectivity index (χ4n) is 0.669. The molecule has 5 nitrogen and oxygen atoms in total. The van der Waals surface area contributed by atoms with Crippen molar-refractivity contribution in [3.05, 3.63) is 12.2 Å². The third-order valence-electron chi connectivity index (χ3n) is 1.37. The number of carbonyl (C=O) groups is 1. The second-order valence-electron chi connectivity index (χ2n) is 2.89. The summed E-state index contributed by atoms with van der Waals surface area (Å²) in [6.07, 6.45) is 0.565. The zero-order valence-electron chi connectivity index (χ0n) is 8.99. The Balaban J connectivity index is 0. The molecule has 0 amide bonds. The summed E-state index contributed by atoms with van der Waals surface area (Å²) in [5, 5.41) is 0. The van der Waals surface area contributed by atoms with E-state index in [9.17, 15) is 17.8 Å². The Labute approximate surface area is 102 Å². The first-order valence-corrected chi connectivity index (χ1v) is 5.67. The summed E-state index contributed by atoms with van der Waals surface area (Å²) in [4.78, 5) is 10.8. The number of hydrogen-bond acceptors (Lipinski definition) is 5. The van der Waals surface area contributed by atoms with E-state index in [0.29, 0.717) is 12.0 Å².